The summed E-state index contributed by atoms with van der Waals surface area (Å²) in [4.78, 5) is 25.5. The lowest BCUT2D eigenvalue weighted by molar-refractivity contribution is -0.160. The van der Waals surface area contributed by atoms with Gasteiger partial charge in [0.05, 0.1) is 5.92 Å². The molecule has 1 aromatic carbocycles. The van der Waals surface area contributed by atoms with Gasteiger partial charge in [-0.25, -0.2) is 0 Å². The van der Waals surface area contributed by atoms with Crippen molar-refractivity contribution in [2.24, 2.45) is 17.8 Å². The van der Waals surface area contributed by atoms with E-state index in [0.29, 0.717) is 29.0 Å². The molecule has 2 aliphatic carbocycles. The van der Waals surface area contributed by atoms with Gasteiger partial charge in [-0.1, -0.05) is 41.9 Å². The lowest BCUT2D eigenvalue weighted by atomic mass is 9.89. The van der Waals surface area contributed by atoms with E-state index in [1.54, 1.807) is 25.1 Å². The molecule has 1 amide bonds. The Balaban J connectivity index is 1.51. The van der Waals surface area contributed by atoms with E-state index >= 15 is 0 Å². The number of carbonyl (C=O) groups excluding carboxylic acids is 2. The molecule has 2 fully saturated rings. The van der Waals surface area contributed by atoms with Crippen molar-refractivity contribution in [2.75, 3.05) is 5.32 Å². The monoisotopic (exact) mass is 354 g/mol. The fourth-order valence-corrected chi connectivity index (χ4v) is 4.25. The topological polar surface area (TPSA) is 81.4 Å². The Hall–Kier alpha value is -2.63. The molecule has 0 spiro atoms. The number of hydrogen-bond acceptors (Lipinski definition) is 5. The summed E-state index contributed by atoms with van der Waals surface area (Å²) in [6.07, 6.45) is 3.29. The van der Waals surface area contributed by atoms with Crippen molar-refractivity contribution in [1.29, 1.82) is 0 Å². The van der Waals surface area contributed by atoms with Gasteiger partial charge in [0.1, 0.15) is 5.76 Å². The number of esters is 1. The summed E-state index contributed by atoms with van der Waals surface area (Å²) in [5, 5.41) is 6.44. The molecule has 4 rings (SSSR count). The second-order valence-corrected chi connectivity index (χ2v) is 7.32. The van der Waals surface area contributed by atoms with E-state index in [1.807, 2.05) is 18.2 Å². The van der Waals surface area contributed by atoms with Gasteiger partial charge in [0.2, 0.25) is 6.10 Å². The average molecular weight is 354 g/mol. The van der Waals surface area contributed by atoms with Gasteiger partial charge in [-0.15, -0.1) is 0 Å². The first-order valence-electron chi connectivity index (χ1n) is 9.10. The molecule has 2 aliphatic rings. The molecule has 1 aromatic heterocycles. The Labute approximate surface area is 151 Å². The average Bonchev–Trinajstić information content (AvgIpc) is 3.37. The molecule has 6 nitrogen and oxygen atoms in total. The first-order valence-corrected chi connectivity index (χ1v) is 9.10. The van der Waals surface area contributed by atoms with Gasteiger partial charge < -0.3 is 14.6 Å². The third-order valence-electron chi connectivity index (χ3n) is 5.49. The predicted molar refractivity (Wildman–Crippen MR) is 94.1 cm³/mol. The Bertz CT molecular complexity index is 801. The first-order chi connectivity index (χ1) is 12.6. The number of hydrogen-bond donors (Lipinski definition) is 1. The summed E-state index contributed by atoms with van der Waals surface area (Å²) in [7, 11) is 0. The third kappa shape index (κ3) is 3.36. The minimum atomic E-state index is -1.00. The van der Waals surface area contributed by atoms with Crippen molar-refractivity contribution >= 4 is 17.7 Å². The Kier molecular flexibility index (Phi) is 4.49. The van der Waals surface area contributed by atoms with Crippen LogP contribution in [0.2, 0.25) is 0 Å². The molecule has 4 atom stereocenters. The Morgan fingerprint density at radius 2 is 2.04 bits per heavy atom. The molecule has 26 heavy (non-hydrogen) atoms. The highest BCUT2D eigenvalue weighted by molar-refractivity contribution is 5.95. The summed E-state index contributed by atoms with van der Waals surface area (Å²) in [5.41, 5.74) is 0.640. The maximum Gasteiger partial charge on any atom is 0.310 e. The lowest BCUT2D eigenvalue weighted by Gasteiger charge is -2.23. The van der Waals surface area contributed by atoms with Crippen LogP contribution in [0, 0.1) is 24.7 Å². The molecule has 0 saturated heterocycles. The largest absolute Gasteiger partial charge is 0.447 e. The van der Waals surface area contributed by atoms with Crippen molar-refractivity contribution < 1.29 is 18.8 Å². The first kappa shape index (κ1) is 16.8. The van der Waals surface area contributed by atoms with Crippen molar-refractivity contribution in [3.8, 4) is 0 Å². The molecule has 0 aliphatic heterocycles. The number of fused-ring (bicyclic) bond motifs is 2. The molecule has 2 saturated carbocycles. The highest BCUT2D eigenvalue weighted by atomic mass is 16.5. The number of rotatable bonds is 5. The van der Waals surface area contributed by atoms with Crippen LogP contribution < -0.4 is 5.32 Å². The van der Waals surface area contributed by atoms with E-state index in [9.17, 15) is 9.59 Å². The van der Waals surface area contributed by atoms with Gasteiger partial charge >= 0.3 is 5.97 Å². The molecule has 1 N–H and O–H groups in total. The Morgan fingerprint density at radius 1 is 1.23 bits per heavy atom. The van der Waals surface area contributed by atoms with Crippen molar-refractivity contribution in [3.05, 3.63) is 47.7 Å². The summed E-state index contributed by atoms with van der Waals surface area (Å²) in [6.45, 7) is 1.74. The number of carbonyl (C=O) groups is 2. The molecule has 2 bridgehead atoms. The molecule has 6 heteroatoms. The predicted octanol–water partition coefficient (Wildman–Crippen LogP) is 3.64. The van der Waals surface area contributed by atoms with Gasteiger partial charge in [0.15, 0.2) is 5.82 Å². The van der Waals surface area contributed by atoms with Gasteiger partial charge in [0, 0.05) is 11.6 Å². The van der Waals surface area contributed by atoms with E-state index in [4.69, 9.17) is 9.26 Å². The Morgan fingerprint density at radius 3 is 2.65 bits per heavy atom. The van der Waals surface area contributed by atoms with Crippen LogP contribution in [0.5, 0.6) is 0 Å². The highest BCUT2D eigenvalue weighted by Crippen LogP contribution is 2.49. The molecule has 0 radical (unpaired) electrons. The molecule has 1 heterocycles. The number of ether oxygens (including phenoxy) is 1. The minimum absolute atomic E-state index is 0.0814. The number of aryl methyl sites for hydroxylation is 1. The maximum absolute atomic E-state index is 12.8. The zero-order chi connectivity index (χ0) is 18.1. The van der Waals surface area contributed by atoms with Gasteiger partial charge in [0.25, 0.3) is 5.91 Å². The SMILES string of the molecule is Cc1cc(NC(=O)C(OC(=O)C2CC3CCC2C3)c2ccccc2)no1. The number of nitrogens with one attached hydrogen (secondary N) is 1. The van der Waals surface area contributed by atoms with Crippen LogP contribution in [-0.2, 0) is 14.3 Å². The number of aromatic nitrogens is 1. The zero-order valence-corrected chi connectivity index (χ0v) is 14.7. The molecule has 2 aromatic rings. The summed E-state index contributed by atoms with van der Waals surface area (Å²) >= 11 is 0. The normalized spacial score (nSPS) is 25.0. The quantitative estimate of drug-likeness (QED) is 0.829. The molecular formula is C20H22N2O4. The number of benzene rings is 1. The van der Waals surface area contributed by atoms with E-state index in [1.165, 1.54) is 6.42 Å². The lowest BCUT2D eigenvalue weighted by Crippen LogP contribution is -2.30. The van der Waals surface area contributed by atoms with Gasteiger partial charge in [-0.2, -0.15) is 0 Å². The summed E-state index contributed by atoms with van der Waals surface area (Å²) in [5.74, 6) is 1.17. The van der Waals surface area contributed by atoms with Gasteiger partial charge in [-0.3, -0.25) is 9.59 Å². The van der Waals surface area contributed by atoms with Crippen LogP contribution >= 0.6 is 0 Å². The third-order valence-corrected chi connectivity index (χ3v) is 5.49. The van der Waals surface area contributed by atoms with Crippen LogP contribution in [0.25, 0.3) is 0 Å². The summed E-state index contributed by atoms with van der Waals surface area (Å²) in [6, 6.07) is 10.7. The highest BCUT2D eigenvalue weighted by Gasteiger charge is 2.45. The minimum Gasteiger partial charge on any atom is -0.447 e. The number of amides is 1. The maximum atomic E-state index is 12.8. The van der Waals surface area contributed by atoms with Crippen molar-refractivity contribution in [2.45, 2.75) is 38.7 Å². The van der Waals surface area contributed by atoms with Crippen LogP contribution in [-0.4, -0.2) is 17.0 Å². The van der Waals surface area contributed by atoms with Crippen molar-refractivity contribution in [3.63, 3.8) is 0 Å². The van der Waals surface area contributed by atoms with Crippen LogP contribution in [0.15, 0.2) is 40.9 Å². The number of anilines is 1. The van der Waals surface area contributed by atoms with Crippen LogP contribution in [0.4, 0.5) is 5.82 Å². The second-order valence-electron chi connectivity index (χ2n) is 7.32. The smallest absolute Gasteiger partial charge is 0.310 e. The standard InChI is InChI=1S/C20H22N2O4/c1-12-9-17(22-26-12)21-19(23)18(14-5-3-2-4-6-14)25-20(24)16-11-13-7-8-15(16)10-13/h2-6,9,13,15-16,18H,7-8,10-11H2,1H3,(H,21,22,23). The fraction of sp³-hybridized carbons (Fsp3) is 0.450. The van der Waals surface area contributed by atoms with Crippen LogP contribution in [0.3, 0.4) is 0 Å². The molecular weight excluding hydrogens is 332 g/mol. The molecule has 4 unspecified atom stereocenters. The van der Waals surface area contributed by atoms with E-state index in [-0.39, 0.29) is 11.9 Å². The number of nitrogens with zero attached hydrogens (tertiary/aromatic N) is 1. The van der Waals surface area contributed by atoms with Crippen molar-refractivity contribution in [1.82, 2.24) is 5.16 Å². The van der Waals surface area contributed by atoms with Crippen LogP contribution in [0.1, 0.15) is 43.1 Å². The fourth-order valence-electron chi connectivity index (χ4n) is 4.25. The second kappa shape index (κ2) is 6.94. The summed E-state index contributed by atoms with van der Waals surface area (Å²) < 4.78 is 10.7. The van der Waals surface area contributed by atoms with E-state index in [2.05, 4.69) is 10.5 Å². The van der Waals surface area contributed by atoms with Gasteiger partial charge in [-0.05, 0) is 38.0 Å². The molecule has 136 valence electrons. The van der Waals surface area contributed by atoms with E-state index < -0.39 is 12.0 Å². The van der Waals surface area contributed by atoms with E-state index in [0.717, 1.165) is 19.3 Å². The zero-order valence-electron chi connectivity index (χ0n) is 14.7.